The molecule has 2 aromatic heterocycles. The van der Waals surface area contributed by atoms with Crippen LogP contribution in [0.4, 0.5) is 4.39 Å². The maximum atomic E-state index is 13.1. The largest absolute Gasteiger partial charge is 0.388 e. The Morgan fingerprint density at radius 1 is 1.20 bits per heavy atom. The molecule has 1 N–H and O–H groups in total. The molecule has 5 heteroatoms. The van der Waals surface area contributed by atoms with Crippen LogP contribution in [0.3, 0.4) is 0 Å². The van der Waals surface area contributed by atoms with Crippen LogP contribution < -0.4 is 0 Å². The zero-order valence-corrected chi connectivity index (χ0v) is 17.3. The number of nitrogens with zero attached hydrogens (tertiary/aromatic N) is 3. The van der Waals surface area contributed by atoms with Crippen LogP contribution in [0.5, 0.6) is 0 Å². The smallest absolute Gasteiger partial charge is 0.212 e. The van der Waals surface area contributed by atoms with Crippen LogP contribution in [0.25, 0.3) is 11.8 Å². The van der Waals surface area contributed by atoms with Gasteiger partial charge in [0, 0.05) is 6.20 Å². The molecule has 4 nitrogen and oxygen atoms in total. The number of hydrogen-bond acceptors (Lipinski definition) is 3. The van der Waals surface area contributed by atoms with Crippen molar-refractivity contribution in [3.63, 3.8) is 0 Å². The average molecular weight is 404 g/mol. The molecule has 3 aromatic rings. The zero-order chi connectivity index (χ0) is 20.9. The van der Waals surface area contributed by atoms with Crippen molar-refractivity contribution in [1.29, 1.82) is 0 Å². The van der Waals surface area contributed by atoms with Gasteiger partial charge in [0.1, 0.15) is 0 Å². The third-order valence-electron chi connectivity index (χ3n) is 7.07. The molecule has 2 aliphatic carbocycles. The van der Waals surface area contributed by atoms with E-state index in [0.717, 1.165) is 24.9 Å². The van der Waals surface area contributed by atoms with Crippen molar-refractivity contribution < 1.29 is 9.50 Å². The number of fused-ring (bicyclic) bond motifs is 2. The number of benzene rings is 1. The summed E-state index contributed by atoms with van der Waals surface area (Å²) in [5.74, 6) is -0.158. The summed E-state index contributed by atoms with van der Waals surface area (Å²) in [6.07, 6.45) is 8.79. The summed E-state index contributed by atoms with van der Waals surface area (Å²) < 4.78 is 15.1. The van der Waals surface area contributed by atoms with E-state index in [2.05, 4.69) is 54.3 Å². The summed E-state index contributed by atoms with van der Waals surface area (Å²) in [5.41, 5.74) is 6.89. The number of aryl methyl sites for hydroxylation is 1. The molecule has 0 saturated heterocycles. The van der Waals surface area contributed by atoms with Crippen molar-refractivity contribution in [3.8, 4) is 5.69 Å². The van der Waals surface area contributed by atoms with E-state index in [4.69, 9.17) is 0 Å². The lowest BCUT2D eigenvalue weighted by Crippen LogP contribution is -2.30. The minimum absolute atomic E-state index is 0.0164. The first-order valence-corrected chi connectivity index (χ1v) is 10.6. The summed E-state index contributed by atoms with van der Waals surface area (Å²) in [4.78, 5) is 3.69. The quantitative estimate of drug-likeness (QED) is 0.610. The van der Waals surface area contributed by atoms with Gasteiger partial charge >= 0.3 is 0 Å². The Bertz CT molecular complexity index is 1100. The molecule has 1 aromatic carbocycles. The van der Waals surface area contributed by atoms with Crippen molar-refractivity contribution in [1.82, 2.24) is 14.8 Å². The predicted molar refractivity (Wildman–Crippen MR) is 115 cm³/mol. The second kappa shape index (κ2) is 7.17. The molecule has 3 atom stereocenters. The zero-order valence-electron chi connectivity index (χ0n) is 17.3. The van der Waals surface area contributed by atoms with E-state index in [-0.39, 0.29) is 5.41 Å². The van der Waals surface area contributed by atoms with Gasteiger partial charge in [0.25, 0.3) is 0 Å². The highest BCUT2D eigenvalue weighted by atomic mass is 19.1. The number of allylic oxidation sites excluding steroid dienone is 1. The Kier molecular flexibility index (Phi) is 4.58. The summed E-state index contributed by atoms with van der Waals surface area (Å²) in [7, 11) is 0. The third kappa shape index (κ3) is 3.18. The Labute approximate surface area is 176 Å². The summed E-state index contributed by atoms with van der Waals surface area (Å²) in [5, 5.41) is 15.4. The van der Waals surface area contributed by atoms with Crippen molar-refractivity contribution in [3.05, 3.63) is 82.7 Å². The molecule has 0 radical (unpaired) electrons. The fourth-order valence-corrected chi connectivity index (χ4v) is 5.19. The van der Waals surface area contributed by atoms with Crippen LogP contribution in [0, 0.1) is 24.2 Å². The molecule has 1 fully saturated rings. The Balaban J connectivity index is 1.41. The number of hydrogen-bond donors (Lipinski definition) is 1. The fourth-order valence-electron chi connectivity index (χ4n) is 5.19. The third-order valence-corrected chi connectivity index (χ3v) is 7.07. The Morgan fingerprint density at radius 2 is 2.00 bits per heavy atom. The van der Waals surface area contributed by atoms with Crippen LogP contribution in [0.15, 0.2) is 54.4 Å². The normalized spacial score (nSPS) is 23.6. The number of aliphatic hydroxyl groups is 1. The van der Waals surface area contributed by atoms with E-state index in [1.807, 2.05) is 10.9 Å². The van der Waals surface area contributed by atoms with Crippen LogP contribution in [-0.2, 0) is 6.42 Å². The molecule has 2 heterocycles. The monoisotopic (exact) mass is 403 g/mol. The first-order valence-electron chi connectivity index (χ1n) is 10.6. The molecule has 0 spiro atoms. The van der Waals surface area contributed by atoms with E-state index in [1.165, 1.54) is 34.7 Å². The standard InChI is InChI=1S/C25H26FN3O/c1-16-3-8-21(9-4-16)29-22-11-19-6-7-20(25(19,2)13-18(22)15-28-29)12-23(30)17-5-10-24(26)27-14-17/h3-5,8-11,14-15,20,23,30H,6-7,12-13H2,1-2H3/t20-,23+,25+/m1/s1. The van der Waals surface area contributed by atoms with Gasteiger partial charge in [-0.15, -0.1) is 0 Å². The minimum atomic E-state index is -0.629. The maximum absolute atomic E-state index is 13.1. The van der Waals surface area contributed by atoms with E-state index < -0.39 is 12.1 Å². The van der Waals surface area contributed by atoms with Gasteiger partial charge in [0.2, 0.25) is 5.95 Å². The van der Waals surface area contributed by atoms with Crippen molar-refractivity contribution >= 4 is 6.08 Å². The summed E-state index contributed by atoms with van der Waals surface area (Å²) >= 11 is 0. The lowest BCUT2D eigenvalue weighted by atomic mass is 9.68. The summed E-state index contributed by atoms with van der Waals surface area (Å²) in [6.45, 7) is 4.41. The van der Waals surface area contributed by atoms with Gasteiger partial charge in [-0.25, -0.2) is 9.67 Å². The topological polar surface area (TPSA) is 50.9 Å². The molecule has 0 unspecified atom stereocenters. The van der Waals surface area contributed by atoms with Gasteiger partial charge in [-0.05, 0) is 79.3 Å². The van der Waals surface area contributed by atoms with Crippen LogP contribution in [-0.4, -0.2) is 19.9 Å². The molecule has 5 rings (SSSR count). The molecule has 1 saturated carbocycles. The van der Waals surface area contributed by atoms with Gasteiger partial charge in [0.15, 0.2) is 0 Å². The second-order valence-electron chi connectivity index (χ2n) is 8.97. The highest BCUT2D eigenvalue weighted by Gasteiger charge is 2.46. The molecule has 154 valence electrons. The van der Waals surface area contributed by atoms with Crippen molar-refractivity contribution in [2.45, 2.75) is 45.6 Å². The minimum Gasteiger partial charge on any atom is -0.388 e. The predicted octanol–water partition coefficient (Wildman–Crippen LogP) is 5.19. The number of pyridine rings is 1. The molecule has 0 amide bonds. The molecule has 0 aliphatic heterocycles. The van der Waals surface area contributed by atoms with Gasteiger partial charge in [-0.3, -0.25) is 0 Å². The number of rotatable bonds is 4. The van der Waals surface area contributed by atoms with Crippen LogP contribution in [0.1, 0.15) is 54.7 Å². The second-order valence-corrected chi connectivity index (χ2v) is 8.97. The van der Waals surface area contributed by atoms with E-state index >= 15 is 0 Å². The van der Waals surface area contributed by atoms with Gasteiger partial charge < -0.3 is 5.11 Å². The van der Waals surface area contributed by atoms with Crippen LogP contribution >= 0.6 is 0 Å². The van der Waals surface area contributed by atoms with E-state index in [1.54, 1.807) is 6.07 Å². The molecule has 2 aliphatic rings. The average Bonchev–Trinajstić information content (AvgIpc) is 3.27. The van der Waals surface area contributed by atoms with Gasteiger partial charge in [-0.2, -0.15) is 9.49 Å². The molecule has 0 bridgehead atoms. The Morgan fingerprint density at radius 3 is 2.73 bits per heavy atom. The van der Waals surface area contributed by atoms with Crippen LogP contribution in [0.2, 0.25) is 0 Å². The lowest BCUT2D eigenvalue weighted by molar-refractivity contribution is 0.112. The fraction of sp³-hybridized carbons (Fsp3) is 0.360. The number of aromatic nitrogens is 3. The van der Waals surface area contributed by atoms with E-state index in [0.29, 0.717) is 17.9 Å². The summed E-state index contributed by atoms with van der Waals surface area (Å²) in [6, 6.07) is 11.4. The lowest BCUT2D eigenvalue weighted by Gasteiger charge is -2.37. The maximum Gasteiger partial charge on any atom is 0.212 e. The highest BCUT2D eigenvalue weighted by molar-refractivity contribution is 5.62. The molecule has 30 heavy (non-hydrogen) atoms. The van der Waals surface area contributed by atoms with E-state index in [9.17, 15) is 9.50 Å². The van der Waals surface area contributed by atoms with Crippen molar-refractivity contribution in [2.75, 3.05) is 0 Å². The first-order chi connectivity index (χ1) is 14.4. The van der Waals surface area contributed by atoms with Gasteiger partial charge in [-0.1, -0.05) is 36.3 Å². The number of aliphatic hydroxyl groups excluding tert-OH is 1. The molecular formula is C25H26FN3O. The van der Waals surface area contributed by atoms with Gasteiger partial charge in [0.05, 0.1) is 23.7 Å². The highest BCUT2D eigenvalue weighted by Crippen LogP contribution is 2.55. The first kappa shape index (κ1) is 19.2. The molecular weight excluding hydrogens is 377 g/mol. The number of halogens is 1. The SMILES string of the molecule is Cc1ccc(-n2ncc3c2C=C2CC[C@H](C[C@H](O)c4ccc(F)nc4)[C@@]2(C)C3)cc1. The Hall–Kier alpha value is -2.79. The van der Waals surface area contributed by atoms with Crippen molar-refractivity contribution in [2.24, 2.45) is 11.3 Å².